The zero-order valence-corrected chi connectivity index (χ0v) is 21.2. The summed E-state index contributed by atoms with van der Waals surface area (Å²) in [6, 6.07) is 28.6. The number of fused-ring (bicyclic) bond motifs is 3. The maximum atomic E-state index is 3.72. The Kier molecular flexibility index (Phi) is 7.85. The molecule has 1 atom stereocenters. The van der Waals surface area contributed by atoms with E-state index in [1.54, 1.807) is 0 Å². The van der Waals surface area contributed by atoms with Crippen molar-refractivity contribution in [3.8, 4) is 11.1 Å². The summed E-state index contributed by atoms with van der Waals surface area (Å²) < 4.78 is 3.34. The number of hydrogen-bond donors (Lipinski definition) is 0. The van der Waals surface area contributed by atoms with Gasteiger partial charge in [0.25, 0.3) is 0 Å². The van der Waals surface area contributed by atoms with Gasteiger partial charge in [-0.05, 0) is 23.0 Å². The molecule has 0 saturated heterocycles. The molecule has 0 saturated carbocycles. The van der Waals surface area contributed by atoms with Gasteiger partial charge in [0.2, 0.25) is 0 Å². The van der Waals surface area contributed by atoms with E-state index in [0.717, 1.165) is 12.0 Å². The van der Waals surface area contributed by atoms with Crippen molar-refractivity contribution < 1.29 is 24.2 Å². The quantitative estimate of drug-likeness (QED) is 0.312. The molecule has 0 heterocycles. The topological polar surface area (TPSA) is 0 Å². The molecule has 3 aromatic rings. The standard InChI is InChI=1S/C22H21.C7H7.CH2.Zr/c1-22(2,3)16-13-12-15(14-16)21-19-10-6-4-8-17(19)18-9-5-7-11-20(18)21;1-7-5-3-2-4-6-7;;/h4-10,13-14,21H,12H2,1-3H3;2-6H,1H2;1H2;/q2*-1;;+2. The predicted octanol–water partition coefficient (Wildman–Crippen LogP) is 7.74. The van der Waals surface area contributed by atoms with Crippen molar-refractivity contribution in [3.05, 3.63) is 126 Å². The van der Waals surface area contributed by atoms with E-state index in [1.807, 2.05) is 36.4 Å². The average molecular weight is 482 g/mol. The molecule has 0 amide bonds. The van der Waals surface area contributed by atoms with Gasteiger partial charge in [-0.25, -0.2) is 0 Å². The Hall–Kier alpha value is -2.24. The van der Waals surface area contributed by atoms with Crippen LogP contribution in [0.15, 0.2) is 96.1 Å². The van der Waals surface area contributed by atoms with Crippen LogP contribution < -0.4 is 0 Å². The Bertz CT molecular complexity index is 1040. The summed E-state index contributed by atoms with van der Waals surface area (Å²) in [7, 11) is 0. The zero-order valence-electron chi connectivity index (χ0n) is 18.8. The van der Waals surface area contributed by atoms with E-state index in [0.29, 0.717) is 5.92 Å². The summed E-state index contributed by atoms with van der Waals surface area (Å²) in [6.45, 7) is 10.6. The van der Waals surface area contributed by atoms with Crippen LogP contribution in [0, 0.1) is 18.4 Å². The van der Waals surface area contributed by atoms with Crippen molar-refractivity contribution in [1.29, 1.82) is 0 Å². The van der Waals surface area contributed by atoms with Crippen LogP contribution in [0.3, 0.4) is 0 Å². The first-order valence-corrected chi connectivity index (χ1v) is 12.4. The van der Waals surface area contributed by atoms with E-state index in [-0.39, 0.29) is 5.41 Å². The maximum absolute atomic E-state index is 3.72. The van der Waals surface area contributed by atoms with Crippen LogP contribution in [0.2, 0.25) is 0 Å². The van der Waals surface area contributed by atoms with Crippen LogP contribution in [-0.2, 0) is 24.2 Å². The third-order valence-corrected chi connectivity index (χ3v) is 5.72. The van der Waals surface area contributed by atoms with Gasteiger partial charge >= 0.3 is 28.4 Å². The van der Waals surface area contributed by atoms with Gasteiger partial charge in [0, 0.05) is 5.92 Å². The van der Waals surface area contributed by atoms with Crippen LogP contribution in [-0.4, -0.2) is 4.21 Å². The van der Waals surface area contributed by atoms with Crippen LogP contribution in [0.1, 0.15) is 49.8 Å². The molecule has 1 heteroatoms. The van der Waals surface area contributed by atoms with Crippen molar-refractivity contribution in [2.75, 3.05) is 0 Å². The monoisotopic (exact) mass is 480 g/mol. The Morgan fingerprint density at radius 1 is 0.903 bits per heavy atom. The molecular weight excluding hydrogens is 452 g/mol. The van der Waals surface area contributed by atoms with Gasteiger partial charge in [-0.15, -0.1) is 23.3 Å². The Morgan fingerprint density at radius 3 is 2.16 bits per heavy atom. The molecule has 0 radical (unpaired) electrons. The van der Waals surface area contributed by atoms with Gasteiger partial charge in [0.1, 0.15) is 0 Å². The van der Waals surface area contributed by atoms with Gasteiger partial charge in [-0.1, -0.05) is 74.4 Å². The predicted molar refractivity (Wildman–Crippen MR) is 131 cm³/mol. The fourth-order valence-electron chi connectivity index (χ4n) is 4.21. The van der Waals surface area contributed by atoms with Gasteiger partial charge < -0.3 is 0 Å². The SMILES string of the molecule is CC(C)(C)C1=CCC(C2c3[c-]cccc3-c3ccccc32)=C1.[CH2-]c1ccccc1.[CH2]=[Zr+2]. The molecule has 0 aliphatic heterocycles. The van der Waals surface area contributed by atoms with E-state index in [9.17, 15) is 0 Å². The number of hydrogen-bond acceptors (Lipinski definition) is 0. The third kappa shape index (κ3) is 5.34. The van der Waals surface area contributed by atoms with Gasteiger partial charge in [0.05, 0.1) is 0 Å². The van der Waals surface area contributed by atoms with E-state index in [1.165, 1.54) is 57.6 Å². The molecule has 2 aliphatic carbocycles. The van der Waals surface area contributed by atoms with Gasteiger partial charge in [-0.2, -0.15) is 48.9 Å². The van der Waals surface area contributed by atoms with Crippen molar-refractivity contribution in [2.24, 2.45) is 5.41 Å². The Balaban J connectivity index is 0.000000256. The molecule has 0 aromatic heterocycles. The fraction of sp³-hybridized carbons (Fsp3) is 0.200. The first-order chi connectivity index (χ1) is 14.9. The van der Waals surface area contributed by atoms with E-state index in [2.05, 4.69) is 86.5 Å². The molecule has 1 unspecified atom stereocenters. The van der Waals surface area contributed by atoms with Crippen molar-refractivity contribution in [2.45, 2.75) is 33.1 Å². The molecule has 0 spiro atoms. The van der Waals surface area contributed by atoms with Gasteiger partial charge in [0.15, 0.2) is 0 Å². The second-order valence-corrected chi connectivity index (χ2v) is 8.84. The molecule has 0 N–H and O–H groups in total. The molecular formula is C30H30Zr. The summed E-state index contributed by atoms with van der Waals surface area (Å²) in [4.78, 5) is 0. The minimum atomic E-state index is 0.225. The summed E-state index contributed by atoms with van der Waals surface area (Å²) in [6.07, 6.45) is 5.89. The van der Waals surface area contributed by atoms with Gasteiger partial charge in [-0.3, -0.25) is 0 Å². The fourth-order valence-corrected chi connectivity index (χ4v) is 4.21. The van der Waals surface area contributed by atoms with Crippen LogP contribution >= 0.6 is 0 Å². The van der Waals surface area contributed by atoms with E-state index < -0.39 is 0 Å². The third-order valence-electron chi connectivity index (χ3n) is 5.72. The van der Waals surface area contributed by atoms with E-state index >= 15 is 0 Å². The first kappa shape index (κ1) is 23.4. The summed E-state index contributed by atoms with van der Waals surface area (Å²) in [5.74, 6) is 0.378. The number of rotatable bonds is 1. The zero-order chi connectivity index (χ0) is 22.4. The normalized spacial score (nSPS) is 16.0. The Morgan fingerprint density at radius 2 is 1.55 bits per heavy atom. The molecule has 154 valence electrons. The van der Waals surface area contributed by atoms with Crippen molar-refractivity contribution in [3.63, 3.8) is 0 Å². The summed E-state index contributed by atoms with van der Waals surface area (Å²) in [5, 5.41) is 0. The second kappa shape index (κ2) is 10.4. The molecule has 31 heavy (non-hydrogen) atoms. The number of benzene rings is 3. The molecule has 2 aliphatic rings. The molecule has 0 fully saturated rings. The molecule has 5 rings (SSSR count). The van der Waals surface area contributed by atoms with Crippen LogP contribution in [0.5, 0.6) is 0 Å². The minimum absolute atomic E-state index is 0.225. The summed E-state index contributed by atoms with van der Waals surface area (Å²) >= 11 is 1.30. The van der Waals surface area contributed by atoms with Crippen molar-refractivity contribution in [1.82, 2.24) is 0 Å². The number of allylic oxidation sites excluding steroid dienone is 4. The average Bonchev–Trinajstić information content (AvgIpc) is 3.39. The van der Waals surface area contributed by atoms with Crippen molar-refractivity contribution >= 4 is 4.21 Å². The second-order valence-electron chi connectivity index (χ2n) is 8.84. The first-order valence-electron chi connectivity index (χ1n) is 10.7. The Labute approximate surface area is 203 Å². The summed E-state index contributed by atoms with van der Waals surface area (Å²) in [5.41, 5.74) is 9.79. The molecule has 0 nitrogen and oxygen atoms in total. The molecule has 3 aromatic carbocycles. The van der Waals surface area contributed by atoms with E-state index in [4.69, 9.17) is 0 Å². The molecule has 0 bridgehead atoms. The van der Waals surface area contributed by atoms with Crippen LogP contribution in [0.25, 0.3) is 11.1 Å². The van der Waals surface area contributed by atoms with Crippen LogP contribution in [0.4, 0.5) is 0 Å².